The van der Waals surface area contributed by atoms with Crippen LogP contribution in [0.1, 0.15) is 11.1 Å². The van der Waals surface area contributed by atoms with Gasteiger partial charge in [0.15, 0.2) is 0 Å². The molecule has 0 heterocycles. The van der Waals surface area contributed by atoms with E-state index in [1.54, 1.807) is 6.07 Å². The van der Waals surface area contributed by atoms with E-state index in [9.17, 15) is 0 Å². The van der Waals surface area contributed by atoms with Gasteiger partial charge >= 0.3 is 0 Å². The summed E-state index contributed by atoms with van der Waals surface area (Å²) in [7, 11) is 0. The molecule has 0 unspecified atom stereocenters. The van der Waals surface area contributed by atoms with Gasteiger partial charge in [-0.25, -0.2) is 0 Å². The Bertz CT molecular complexity index is 261. The molecule has 0 atom stereocenters. The van der Waals surface area contributed by atoms with Crippen molar-refractivity contribution in [1.29, 1.82) is 0 Å². The Kier molecular flexibility index (Phi) is 13.5. The van der Waals surface area contributed by atoms with Gasteiger partial charge in [0.25, 0.3) is 12.9 Å². The van der Waals surface area contributed by atoms with Crippen molar-refractivity contribution in [3.63, 3.8) is 0 Å². The molecule has 0 saturated carbocycles. The molecular formula is C10H14O6. The standard InChI is InChI=1S/C8H10O2.2CH2O2/c9-5-7-2-1-3-8(4-7)6-10;2*2-1-3/h1-4,9-10H,5-6H2;2*1H,(H,2,3). The van der Waals surface area contributed by atoms with Crippen LogP contribution in [0.5, 0.6) is 0 Å². The van der Waals surface area contributed by atoms with Gasteiger partial charge in [0.2, 0.25) is 0 Å². The van der Waals surface area contributed by atoms with Crippen molar-refractivity contribution in [1.82, 2.24) is 0 Å². The maximum atomic E-state index is 8.68. The van der Waals surface area contributed by atoms with Crippen LogP contribution in [0.15, 0.2) is 24.3 Å². The normalized spacial score (nSPS) is 7.62. The van der Waals surface area contributed by atoms with E-state index in [4.69, 9.17) is 30.0 Å². The first-order chi connectivity index (χ1) is 7.69. The third-order valence-electron chi connectivity index (χ3n) is 1.36. The van der Waals surface area contributed by atoms with Gasteiger partial charge in [-0.3, -0.25) is 9.59 Å². The van der Waals surface area contributed by atoms with Crippen molar-refractivity contribution in [3.8, 4) is 0 Å². The Balaban J connectivity index is 0. The molecule has 6 nitrogen and oxygen atoms in total. The molecule has 0 aliphatic carbocycles. The predicted octanol–water partition coefficient (Wildman–Crippen LogP) is 0.0728. The lowest BCUT2D eigenvalue weighted by molar-refractivity contribution is -0.123. The molecule has 1 rings (SSSR count). The van der Waals surface area contributed by atoms with E-state index >= 15 is 0 Å². The minimum atomic E-state index is -0.250. The monoisotopic (exact) mass is 230 g/mol. The maximum absolute atomic E-state index is 8.68. The molecule has 6 heteroatoms. The van der Waals surface area contributed by atoms with E-state index in [1.807, 2.05) is 18.2 Å². The van der Waals surface area contributed by atoms with E-state index < -0.39 is 0 Å². The van der Waals surface area contributed by atoms with E-state index in [0.29, 0.717) is 0 Å². The molecule has 90 valence electrons. The molecule has 0 radical (unpaired) electrons. The number of aliphatic hydroxyl groups excluding tert-OH is 2. The molecule has 0 spiro atoms. The van der Waals surface area contributed by atoms with Crippen LogP contribution in [0.25, 0.3) is 0 Å². The number of carboxylic acid groups (broad SMARTS) is 2. The highest BCUT2D eigenvalue weighted by molar-refractivity contribution is 5.33. The summed E-state index contributed by atoms with van der Waals surface area (Å²) in [5.74, 6) is 0. The summed E-state index contributed by atoms with van der Waals surface area (Å²) in [6, 6.07) is 7.23. The minimum absolute atomic E-state index is 0.0356. The zero-order valence-corrected chi connectivity index (χ0v) is 8.48. The number of rotatable bonds is 2. The van der Waals surface area contributed by atoms with Crippen LogP contribution in [0.2, 0.25) is 0 Å². The van der Waals surface area contributed by atoms with E-state index in [-0.39, 0.29) is 26.2 Å². The summed E-state index contributed by atoms with van der Waals surface area (Å²) in [6.45, 7) is -0.429. The van der Waals surface area contributed by atoms with Gasteiger partial charge in [-0.2, -0.15) is 0 Å². The largest absolute Gasteiger partial charge is 0.483 e. The van der Waals surface area contributed by atoms with Crippen LogP contribution >= 0.6 is 0 Å². The van der Waals surface area contributed by atoms with Crippen LogP contribution < -0.4 is 0 Å². The Hall–Kier alpha value is -1.92. The average molecular weight is 230 g/mol. The fourth-order valence-corrected chi connectivity index (χ4v) is 0.826. The molecule has 0 amide bonds. The number of carbonyl (C=O) groups is 2. The first-order valence-electron chi connectivity index (χ1n) is 4.15. The Morgan fingerprint density at radius 3 is 1.50 bits per heavy atom. The maximum Gasteiger partial charge on any atom is 0.290 e. The van der Waals surface area contributed by atoms with Crippen LogP contribution in [0, 0.1) is 0 Å². The second-order valence-electron chi connectivity index (χ2n) is 2.35. The van der Waals surface area contributed by atoms with Crippen LogP contribution in [-0.2, 0) is 22.8 Å². The van der Waals surface area contributed by atoms with Crippen molar-refractivity contribution >= 4 is 12.9 Å². The third-order valence-corrected chi connectivity index (χ3v) is 1.36. The van der Waals surface area contributed by atoms with Gasteiger partial charge in [0, 0.05) is 0 Å². The molecule has 0 aromatic heterocycles. The number of hydrogen-bond acceptors (Lipinski definition) is 4. The number of hydrogen-bond donors (Lipinski definition) is 4. The van der Waals surface area contributed by atoms with E-state index in [0.717, 1.165) is 11.1 Å². The van der Waals surface area contributed by atoms with Crippen molar-refractivity contribution in [2.75, 3.05) is 0 Å². The summed E-state index contributed by atoms with van der Waals surface area (Å²) in [4.78, 5) is 16.7. The Labute approximate surface area is 92.4 Å². The molecule has 1 aromatic carbocycles. The van der Waals surface area contributed by atoms with Gasteiger partial charge in [-0.05, 0) is 11.1 Å². The molecular weight excluding hydrogens is 216 g/mol. The first kappa shape index (κ1) is 16.5. The SMILES string of the molecule is O=CO.O=CO.OCc1cccc(CO)c1. The Morgan fingerprint density at radius 2 is 1.25 bits per heavy atom. The Morgan fingerprint density at radius 1 is 0.938 bits per heavy atom. The number of aliphatic hydroxyl groups is 2. The summed E-state index contributed by atoms with van der Waals surface area (Å²) < 4.78 is 0. The lowest BCUT2D eigenvalue weighted by Crippen LogP contribution is -1.86. The lowest BCUT2D eigenvalue weighted by atomic mass is 10.1. The smallest absolute Gasteiger partial charge is 0.290 e. The van der Waals surface area contributed by atoms with E-state index in [1.165, 1.54) is 0 Å². The fraction of sp³-hybridized carbons (Fsp3) is 0.200. The first-order valence-corrected chi connectivity index (χ1v) is 4.15. The second-order valence-corrected chi connectivity index (χ2v) is 2.35. The van der Waals surface area contributed by atoms with Crippen molar-refractivity contribution in [3.05, 3.63) is 35.4 Å². The van der Waals surface area contributed by atoms with Crippen molar-refractivity contribution in [2.24, 2.45) is 0 Å². The van der Waals surface area contributed by atoms with Gasteiger partial charge in [-0.15, -0.1) is 0 Å². The molecule has 0 fully saturated rings. The van der Waals surface area contributed by atoms with Crippen LogP contribution in [0.4, 0.5) is 0 Å². The van der Waals surface area contributed by atoms with Crippen molar-refractivity contribution in [2.45, 2.75) is 13.2 Å². The lowest BCUT2D eigenvalue weighted by Gasteiger charge is -1.97. The van der Waals surface area contributed by atoms with Gasteiger partial charge < -0.3 is 20.4 Å². The third kappa shape index (κ3) is 10.2. The van der Waals surface area contributed by atoms with Gasteiger partial charge in [0.1, 0.15) is 0 Å². The highest BCUT2D eigenvalue weighted by atomic mass is 16.3. The predicted molar refractivity (Wildman–Crippen MR) is 55.7 cm³/mol. The highest BCUT2D eigenvalue weighted by Crippen LogP contribution is 2.04. The van der Waals surface area contributed by atoms with E-state index in [2.05, 4.69) is 0 Å². The summed E-state index contributed by atoms with van der Waals surface area (Å²) in [5.41, 5.74) is 1.68. The summed E-state index contributed by atoms with van der Waals surface area (Å²) >= 11 is 0. The molecule has 4 N–H and O–H groups in total. The molecule has 0 aliphatic heterocycles. The average Bonchev–Trinajstić information content (AvgIpc) is 2.31. The van der Waals surface area contributed by atoms with Crippen LogP contribution in [0.3, 0.4) is 0 Å². The summed E-state index contributed by atoms with van der Waals surface area (Å²) in [6.07, 6.45) is 0. The topological polar surface area (TPSA) is 115 Å². The summed E-state index contributed by atoms with van der Waals surface area (Å²) in [5, 5.41) is 31.1. The zero-order chi connectivity index (χ0) is 12.8. The number of benzene rings is 1. The van der Waals surface area contributed by atoms with Crippen LogP contribution in [-0.4, -0.2) is 33.4 Å². The van der Waals surface area contributed by atoms with Gasteiger partial charge in [0.05, 0.1) is 13.2 Å². The zero-order valence-electron chi connectivity index (χ0n) is 8.48. The quantitative estimate of drug-likeness (QED) is 0.534. The van der Waals surface area contributed by atoms with Crippen molar-refractivity contribution < 1.29 is 30.0 Å². The fourth-order valence-electron chi connectivity index (χ4n) is 0.826. The molecule has 1 aromatic rings. The molecule has 0 aliphatic rings. The highest BCUT2D eigenvalue weighted by Gasteiger charge is 1.91. The minimum Gasteiger partial charge on any atom is -0.483 e. The van der Waals surface area contributed by atoms with Gasteiger partial charge in [-0.1, -0.05) is 24.3 Å². The molecule has 16 heavy (non-hydrogen) atoms. The second kappa shape index (κ2) is 13.1. The molecule has 0 bridgehead atoms. The molecule has 0 saturated heterocycles.